The smallest absolute Gasteiger partial charge is 0.410 e. The number of nitrogens with two attached hydrogens (primary N) is 1. The highest BCUT2D eigenvalue weighted by atomic mass is 16.6. The van der Waals surface area contributed by atoms with Gasteiger partial charge in [-0.2, -0.15) is 0 Å². The summed E-state index contributed by atoms with van der Waals surface area (Å²) in [5.74, 6) is 0.318. The van der Waals surface area contributed by atoms with Gasteiger partial charge in [0.2, 0.25) is 5.91 Å². The quantitative estimate of drug-likeness (QED) is 0.621. The molecule has 0 radical (unpaired) electrons. The molecule has 9 nitrogen and oxygen atoms in total. The van der Waals surface area contributed by atoms with Gasteiger partial charge in [0.05, 0.1) is 17.3 Å². The first-order valence-electron chi connectivity index (χ1n) is 12.2. The molecule has 2 fully saturated rings. The molecule has 0 saturated carbocycles. The summed E-state index contributed by atoms with van der Waals surface area (Å²) >= 11 is 0. The highest BCUT2D eigenvalue weighted by Crippen LogP contribution is 2.35. The average Bonchev–Trinajstić information content (AvgIpc) is 3.28. The average molecular weight is 482 g/mol. The van der Waals surface area contributed by atoms with Crippen LogP contribution in [0.5, 0.6) is 0 Å². The summed E-state index contributed by atoms with van der Waals surface area (Å²) in [7, 11) is 0. The Morgan fingerprint density at radius 2 is 1.94 bits per heavy atom. The molecule has 188 valence electrons. The highest BCUT2D eigenvalue weighted by Gasteiger charge is 2.41. The third-order valence-electron chi connectivity index (χ3n) is 6.94. The van der Waals surface area contributed by atoms with Crippen molar-refractivity contribution in [2.75, 3.05) is 18.0 Å². The first kappa shape index (κ1) is 24.9. The molecule has 0 spiro atoms. The maximum absolute atomic E-state index is 12.8. The summed E-state index contributed by atoms with van der Waals surface area (Å²) in [5, 5.41) is 18.9. The fourth-order valence-electron chi connectivity index (χ4n) is 5.24. The van der Waals surface area contributed by atoms with E-state index in [4.69, 9.17) is 10.5 Å². The van der Waals surface area contributed by atoms with Crippen LogP contribution in [0, 0.1) is 0 Å². The van der Waals surface area contributed by atoms with Crippen LogP contribution < -0.4 is 10.6 Å². The molecule has 2 amide bonds. The standard InChI is InChI=1S/C26H35N5O4/c1-17(30-15-13-26(4,35-24(30)33)16-25(2,3)34)18-7-9-19(10-8-18)20-11-12-22(29-28-20)31-14-5-6-21(31)23(27)32/h7-12,17,21,34H,5-6,13-16H2,1-4H3,(H2,27,32)/t17-,21+,26-/m0/s1. The van der Waals surface area contributed by atoms with Crippen molar-refractivity contribution in [2.45, 2.75) is 76.7 Å². The molecule has 2 aromatic rings. The zero-order valence-corrected chi connectivity index (χ0v) is 20.9. The Morgan fingerprint density at radius 1 is 1.23 bits per heavy atom. The van der Waals surface area contributed by atoms with Crippen molar-refractivity contribution >= 4 is 17.8 Å². The third kappa shape index (κ3) is 5.56. The fourth-order valence-corrected chi connectivity index (χ4v) is 5.24. The van der Waals surface area contributed by atoms with Crippen molar-refractivity contribution in [1.82, 2.24) is 15.1 Å². The van der Waals surface area contributed by atoms with Crippen LogP contribution >= 0.6 is 0 Å². The van der Waals surface area contributed by atoms with E-state index in [1.165, 1.54) is 0 Å². The normalized spacial score (nSPS) is 23.8. The number of amides is 2. The van der Waals surface area contributed by atoms with E-state index in [1.54, 1.807) is 18.7 Å². The minimum Gasteiger partial charge on any atom is -0.443 e. The number of carbonyl (C=O) groups is 2. The highest BCUT2D eigenvalue weighted by molar-refractivity contribution is 5.84. The number of ether oxygens (including phenoxy) is 1. The maximum atomic E-state index is 12.8. The molecule has 3 atom stereocenters. The van der Waals surface area contributed by atoms with Crippen LogP contribution in [-0.2, 0) is 9.53 Å². The third-order valence-corrected chi connectivity index (χ3v) is 6.94. The van der Waals surface area contributed by atoms with Gasteiger partial charge < -0.3 is 25.4 Å². The van der Waals surface area contributed by atoms with E-state index < -0.39 is 11.2 Å². The van der Waals surface area contributed by atoms with E-state index in [-0.39, 0.29) is 24.1 Å². The van der Waals surface area contributed by atoms with Crippen LogP contribution in [0.3, 0.4) is 0 Å². The topological polar surface area (TPSA) is 122 Å². The molecular weight excluding hydrogens is 446 g/mol. The number of rotatable bonds is 7. The Hall–Kier alpha value is -3.20. The number of cyclic esters (lactones) is 1. The number of carbonyl (C=O) groups excluding carboxylic acids is 2. The van der Waals surface area contributed by atoms with Gasteiger partial charge in [0, 0.05) is 31.5 Å². The van der Waals surface area contributed by atoms with Gasteiger partial charge in [-0.3, -0.25) is 4.79 Å². The molecule has 2 saturated heterocycles. The van der Waals surface area contributed by atoms with Crippen LogP contribution in [-0.4, -0.2) is 62.5 Å². The summed E-state index contributed by atoms with van der Waals surface area (Å²) in [5.41, 5.74) is 6.56. The van der Waals surface area contributed by atoms with E-state index in [9.17, 15) is 14.7 Å². The Morgan fingerprint density at radius 3 is 2.51 bits per heavy atom. The molecule has 0 unspecified atom stereocenters. The van der Waals surface area contributed by atoms with Gasteiger partial charge in [0.1, 0.15) is 11.6 Å². The zero-order valence-electron chi connectivity index (χ0n) is 20.9. The largest absolute Gasteiger partial charge is 0.443 e. The molecule has 1 aromatic heterocycles. The fraction of sp³-hybridized carbons (Fsp3) is 0.538. The second-order valence-electron chi connectivity index (χ2n) is 10.6. The molecule has 0 bridgehead atoms. The van der Waals surface area contributed by atoms with Gasteiger partial charge in [0.25, 0.3) is 0 Å². The predicted molar refractivity (Wildman–Crippen MR) is 133 cm³/mol. The Labute approximate surface area is 206 Å². The minimum atomic E-state index is -0.905. The predicted octanol–water partition coefficient (Wildman–Crippen LogP) is 3.42. The number of hydrogen-bond donors (Lipinski definition) is 2. The first-order chi connectivity index (χ1) is 16.5. The van der Waals surface area contributed by atoms with E-state index in [0.717, 1.165) is 36.2 Å². The number of nitrogens with zero attached hydrogens (tertiary/aromatic N) is 4. The number of hydrogen-bond acceptors (Lipinski definition) is 7. The van der Waals surface area contributed by atoms with E-state index in [0.29, 0.717) is 25.2 Å². The van der Waals surface area contributed by atoms with Gasteiger partial charge >= 0.3 is 6.09 Å². The summed E-state index contributed by atoms with van der Waals surface area (Å²) in [4.78, 5) is 28.1. The molecule has 9 heteroatoms. The van der Waals surface area contributed by atoms with E-state index >= 15 is 0 Å². The van der Waals surface area contributed by atoms with Gasteiger partial charge in [-0.05, 0) is 58.2 Å². The molecule has 4 rings (SSSR count). The van der Waals surface area contributed by atoms with Gasteiger partial charge in [-0.25, -0.2) is 4.79 Å². The zero-order chi connectivity index (χ0) is 25.4. The minimum absolute atomic E-state index is 0.155. The number of aliphatic hydroxyl groups is 1. The summed E-state index contributed by atoms with van der Waals surface area (Å²) in [6.07, 6.45) is 2.32. The Balaban J connectivity index is 1.42. The first-order valence-corrected chi connectivity index (χ1v) is 12.2. The molecule has 1 aromatic carbocycles. The van der Waals surface area contributed by atoms with E-state index in [1.807, 2.05) is 55.1 Å². The molecule has 35 heavy (non-hydrogen) atoms. The van der Waals surface area contributed by atoms with Crippen molar-refractivity contribution in [3.8, 4) is 11.3 Å². The molecule has 3 N–H and O–H groups in total. The van der Waals surface area contributed by atoms with Gasteiger partial charge in [0.15, 0.2) is 5.82 Å². The van der Waals surface area contributed by atoms with Crippen molar-refractivity contribution in [1.29, 1.82) is 0 Å². The van der Waals surface area contributed by atoms with Crippen LogP contribution in [0.15, 0.2) is 36.4 Å². The van der Waals surface area contributed by atoms with Crippen molar-refractivity contribution in [3.05, 3.63) is 42.0 Å². The van der Waals surface area contributed by atoms with Crippen molar-refractivity contribution in [2.24, 2.45) is 5.73 Å². The molecule has 2 aliphatic heterocycles. The van der Waals surface area contributed by atoms with Gasteiger partial charge in [-0.1, -0.05) is 24.3 Å². The Kier molecular flexibility index (Phi) is 6.73. The Bertz CT molecular complexity index is 1070. The van der Waals surface area contributed by atoms with Crippen LogP contribution in [0.4, 0.5) is 10.6 Å². The monoisotopic (exact) mass is 481 g/mol. The van der Waals surface area contributed by atoms with Gasteiger partial charge in [-0.15, -0.1) is 10.2 Å². The SMILES string of the molecule is C[C@@H](c1ccc(-c2ccc(N3CCC[C@@H]3C(N)=O)nn2)cc1)N1CC[C@@](C)(CC(C)(C)O)OC1=O. The molecular formula is C26H35N5O4. The lowest BCUT2D eigenvalue weighted by Gasteiger charge is -2.43. The lowest BCUT2D eigenvalue weighted by molar-refractivity contribution is -0.119. The number of primary amides is 1. The summed E-state index contributed by atoms with van der Waals surface area (Å²) in [6, 6.07) is 11.2. The van der Waals surface area contributed by atoms with Crippen molar-refractivity contribution < 1.29 is 19.4 Å². The second-order valence-corrected chi connectivity index (χ2v) is 10.6. The van der Waals surface area contributed by atoms with E-state index in [2.05, 4.69) is 10.2 Å². The maximum Gasteiger partial charge on any atom is 0.410 e. The van der Waals surface area contributed by atoms with Crippen molar-refractivity contribution in [3.63, 3.8) is 0 Å². The van der Waals surface area contributed by atoms with Crippen LogP contribution in [0.25, 0.3) is 11.3 Å². The molecule has 2 aliphatic rings. The lowest BCUT2D eigenvalue weighted by atomic mass is 9.87. The number of anilines is 1. The number of benzene rings is 1. The number of aromatic nitrogens is 2. The van der Waals surface area contributed by atoms with Crippen LogP contribution in [0.2, 0.25) is 0 Å². The second kappa shape index (κ2) is 9.45. The summed E-state index contributed by atoms with van der Waals surface area (Å²) in [6.45, 7) is 8.61. The summed E-state index contributed by atoms with van der Waals surface area (Å²) < 4.78 is 5.75. The lowest BCUT2D eigenvalue weighted by Crippen LogP contribution is -2.51. The molecule has 3 heterocycles. The van der Waals surface area contributed by atoms with Crippen LogP contribution in [0.1, 0.15) is 65.0 Å². The molecule has 0 aliphatic carbocycles.